The average Bonchev–Trinajstić information content (AvgIpc) is 2.76. The van der Waals surface area contributed by atoms with Crippen LogP contribution >= 0.6 is 0 Å². The third kappa shape index (κ3) is 4.22. The van der Waals surface area contributed by atoms with E-state index in [-0.39, 0.29) is 28.5 Å². The zero-order valence-electron chi connectivity index (χ0n) is 16.8. The highest BCUT2D eigenvalue weighted by atomic mass is 32.2. The third-order valence-corrected chi connectivity index (χ3v) is 6.29. The van der Waals surface area contributed by atoms with Crippen molar-refractivity contribution in [1.29, 1.82) is 5.26 Å². The summed E-state index contributed by atoms with van der Waals surface area (Å²) in [6.45, 7) is 3.24. The zero-order chi connectivity index (χ0) is 22.0. The van der Waals surface area contributed by atoms with Gasteiger partial charge in [0, 0.05) is 18.7 Å². The second-order valence-corrected chi connectivity index (χ2v) is 8.95. The molecule has 0 bridgehead atoms. The van der Waals surface area contributed by atoms with Crippen LogP contribution in [0.25, 0.3) is 0 Å². The fraction of sp³-hybridized carbons (Fsp3) is 0.286. The molecule has 0 saturated heterocycles. The maximum atomic E-state index is 14.6. The molecule has 0 radical (unpaired) electrons. The molecular weight excluding hydrogens is 421 g/mol. The monoisotopic (exact) mass is 441 g/mol. The third-order valence-electron chi connectivity index (χ3n) is 4.82. The van der Waals surface area contributed by atoms with Crippen LogP contribution in [0.3, 0.4) is 0 Å². The van der Waals surface area contributed by atoms with Gasteiger partial charge in [0.25, 0.3) is 0 Å². The van der Waals surface area contributed by atoms with Crippen molar-refractivity contribution in [3.05, 3.63) is 47.3 Å². The van der Waals surface area contributed by atoms with Gasteiger partial charge >= 0.3 is 0 Å². The number of nitriles is 1. The largest absolute Gasteiger partial charge is 0.453 e. The molecule has 2 heterocycles. The van der Waals surface area contributed by atoms with Crippen LogP contribution in [0.4, 0.5) is 15.8 Å². The van der Waals surface area contributed by atoms with E-state index < -0.39 is 15.8 Å². The number of hydrogen-bond acceptors (Lipinski definition) is 7. The van der Waals surface area contributed by atoms with E-state index in [1.54, 1.807) is 31.5 Å². The fourth-order valence-electron chi connectivity index (χ4n) is 3.44. The predicted molar refractivity (Wildman–Crippen MR) is 116 cm³/mol. The second-order valence-electron chi connectivity index (χ2n) is 7.11. The maximum absolute atomic E-state index is 14.6. The van der Waals surface area contributed by atoms with Crippen molar-refractivity contribution in [2.75, 3.05) is 23.6 Å². The van der Waals surface area contributed by atoms with Crippen molar-refractivity contribution in [2.24, 2.45) is 9.98 Å². The Kier molecular flexibility index (Phi) is 5.61. The normalized spacial score (nSPS) is 14.9. The van der Waals surface area contributed by atoms with E-state index >= 15 is 0 Å². The number of aliphatic imine (C=N–C) groups is 2. The molecule has 0 amide bonds. The molecule has 0 atom stereocenters. The van der Waals surface area contributed by atoms with Gasteiger partial charge in [0.15, 0.2) is 11.6 Å². The summed E-state index contributed by atoms with van der Waals surface area (Å²) in [5, 5.41) is 9.60. The van der Waals surface area contributed by atoms with E-state index in [1.807, 2.05) is 11.0 Å². The lowest BCUT2D eigenvalue weighted by Gasteiger charge is -2.29. The Labute approximate surface area is 179 Å². The molecule has 0 spiro atoms. The summed E-state index contributed by atoms with van der Waals surface area (Å²) in [7, 11) is -3.66. The number of ether oxygens (including phenoxy) is 1. The number of sulfonamides is 1. The highest BCUT2D eigenvalue weighted by Crippen LogP contribution is 2.36. The molecule has 10 heteroatoms. The van der Waals surface area contributed by atoms with E-state index in [4.69, 9.17) is 4.74 Å². The van der Waals surface area contributed by atoms with Crippen LogP contribution in [-0.2, 0) is 10.0 Å². The first-order valence-electron chi connectivity index (χ1n) is 9.82. The molecule has 0 aromatic heterocycles. The van der Waals surface area contributed by atoms with Crippen LogP contribution in [0, 0.1) is 17.1 Å². The Balaban J connectivity index is 1.71. The van der Waals surface area contributed by atoms with Gasteiger partial charge in [0.05, 0.1) is 23.5 Å². The standard InChI is InChI=1S/C21H20FN5O3S/c1-2-10-31(28,29)26-19-7-5-17(22)20(16(19)12-23)30-14-4-6-18-15(11-14)21-24-8-3-9-27(21)13-25-18/h4-7,11,13,26H,2-3,8-10H2,1H3. The van der Waals surface area contributed by atoms with Gasteiger partial charge in [-0.25, -0.2) is 17.8 Å². The minimum atomic E-state index is -3.66. The van der Waals surface area contributed by atoms with Crippen molar-refractivity contribution in [3.63, 3.8) is 0 Å². The fourth-order valence-corrected chi connectivity index (χ4v) is 4.58. The first-order valence-corrected chi connectivity index (χ1v) is 11.5. The number of amidine groups is 1. The lowest BCUT2D eigenvalue weighted by atomic mass is 10.1. The second kappa shape index (κ2) is 8.35. The van der Waals surface area contributed by atoms with Crippen LogP contribution in [-0.4, -0.2) is 44.3 Å². The first kappa shape index (κ1) is 20.8. The molecule has 2 aliphatic rings. The van der Waals surface area contributed by atoms with Crippen LogP contribution in [0.2, 0.25) is 0 Å². The molecule has 0 unspecified atom stereocenters. The number of benzene rings is 2. The highest BCUT2D eigenvalue weighted by molar-refractivity contribution is 7.92. The van der Waals surface area contributed by atoms with Crippen molar-refractivity contribution >= 4 is 33.6 Å². The number of fused-ring (bicyclic) bond motifs is 3. The molecular formula is C21H20FN5O3S. The van der Waals surface area contributed by atoms with Gasteiger partial charge in [-0.15, -0.1) is 0 Å². The van der Waals surface area contributed by atoms with Crippen LogP contribution in [0.15, 0.2) is 40.3 Å². The number of nitrogens with one attached hydrogen (secondary N) is 1. The molecule has 0 saturated carbocycles. The molecule has 2 aliphatic heterocycles. The molecule has 31 heavy (non-hydrogen) atoms. The van der Waals surface area contributed by atoms with E-state index in [0.29, 0.717) is 18.7 Å². The van der Waals surface area contributed by atoms with Gasteiger partial charge in [0.1, 0.15) is 23.2 Å². The van der Waals surface area contributed by atoms with Crippen LogP contribution in [0.1, 0.15) is 30.9 Å². The molecule has 160 valence electrons. The number of anilines is 1. The van der Waals surface area contributed by atoms with E-state index in [1.165, 1.54) is 6.07 Å². The Bertz CT molecular complexity index is 1230. The van der Waals surface area contributed by atoms with Crippen molar-refractivity contribution in [2.45, 2.75) is 19.8 Å². The van der Waals surface area contributed by atoms with Crippen molar-refractivity contribution in [1.82, 2.24) is 4.90 Å². The van der Waals surface area contributed by atoms with Gasteiger partial charge in [-0.3, -0.25) is 9.71 Å². The van der Waals surface area contributed by atoms with Gasteiger partial charge in [-0.2, -0.15) is 5.26 Å². The molecule has 0 aliphatic carbocycles. The lowest BCUT2D eigenvalue weighted by Crippen LogP contribution is -2.36. The SMILES string of the molecule is CCCS(=O)(=O)Nc1ccc(F)c(Oc2ccc3c(c2)C2=NCCCN2C=N3)c1C#N. The zero-order valence-corrected chi connectivity index (χ0v) is 17.6. The topological polar surface area (TPSA) is 107 Å². The Hall–Kier alpha value is -3.45. The van der Waals surface area contributed by atoms with Crippen LogP contribution in [0.5, 0.6) is 11.5 Å². The molecule has 8 nitrogen and oxygen atoms in total. The van der Waals surface area contributed by atoms with Gasteiger partial charge in [0.2, 0.25) is 10.0 Å². The summed E-state index contributed by atoms with van der Waals surface area (Å²) in [4.78, 5) is 10.9. The Morgan fingerprint density at radius 1 is 1.32 bits per heavy atom. The van der Waals surface area contributed by atoms with Gasteiger partial charge in [-0.1, -0.05) is 6.92 Å². The minimum Gasteiger partial charge on any atom is -0.453 e. The molecule has 0 fully saturated rings. The molecule has 2 aromatic rings. The van der Waals surface area contributed by atoms with E-state index in [0.717, 1.165) is 30.4 Å². The van der Waals surface area contributed by atoms with E-state index in [2.05, 4.69) is 14.7 Å². The summed E-state index contributed by atoms with van der Waals surface area (Å²) in [6, 6.07) is 9.16. The first-order chi connectivity index (χ1) is 14.9. The number of hydrogen-bond donors (Lipinski definition) is 1. The summed E-state index contributed by atoms with van der Waals surface area (Å²) < 4.78 is 46.9. The van der Waals surface area contributed by atoms with Crippen molar-refractivity contribution in [3.8, 4) is 17.6 Å². The average molecular weight is 441 g/mol. The summed E-state index contributed by atoms with van der Waals surface area (Å²) in [5.41, 5.74) is 1.20. The molecule has 2 aromatic carbocycles. The van der Waals surface area contributed by atoms with Gasteiger partial charge in [-0.05, 0) is 43.2 Å². The highest BCUT2D eigenvalue weighted by Gasteiger charge is 2.24. The number of halogens is 1. The number of rotatable bonds is 6. The smallest absolute Gasteiger partial charge is 0.232 e. The lowest BCUT2D eigenvalue weighted by molar-refractivity contribution is 0.441. The maximum Gasteiger partial charge on any atom is 0.232 e. The summed E-state index contributed by atoms with van der Waals surface area (Å²) >= 11 is 0. The van der Waals surface area contributed by atoms with Crippen molar-refractivity contribution < 1.29 is 17.5 Å². The summed E-state index contributed by atoms with van der Waals surface area (Å²) in [5.74, 6) is -0.185. The Morgan fingerprint density at radius 2 is 2.16 bits per heavy atom. The van der Waals surface area contributed by atoms with Crippen LogP contribution < -0.4 is 9.46 Å². The number of nitrogens with zero attached hydrogens (tertiary/aromatic N) is 4. The molecule has 1 N–H and O–H groups in total. The van der Waals surface area contributed by atoms with Gasteiger partial charge < -0.3 is 9.64 Å². The minimum absolute atomic E-state index is 0.0299. The van der Waals surface area contributed by atoms with E-state index in [9.17, 15) is 18.1 Å². The molecule has 4 rings (SSSR count). The summed E-state index contributed by atoms with van der Waals surface area (Å²) in [6.07, 6.45) is 3.07. The predicted octanol–water partition coefficient (Wildman–Crippen LogP) is 3.77. The quantitative estimate of drug-likeness (QED) is 0.734. The Morgan fingerprint density at radius 3 is 2.94 bits per heavy atom.